The molecule has 0 aliphatic rings. The summed E-state index contributed by atoms with van der Waals surface area (Å²) in [5.74, 6) is 0.123. The number of nitrogens with one attached hydrogen (secondary N) is 2. The molecule has 18 heavy (non-hydrogen) atoms. The molecule has 0 aliphatic carbocycles. The van der Waals surface area contributed by atoms with Crippen LogP contribution in [0.5, 0.6) is 0 Å². The quantitative estimate of drug-likeness (QED) is 0.664. The molecule has 0 spiro atoms. The largest absolute Gasteiger partial charge is 0.314 e. The molecule has 0 aromatic carbocycles. The molecule has 0 amide bonds. The topological polar surface area (TPSA) is 84.0 Å². The Bertz CT molecular complexity index is 434. The fourth-order valence-electron chi connectivity index (χ4n) is 1.33. The van der Waals surface area contributed by atoms with Gasteiger partial charge in [-0.3, -0.25) is 0 Å². The molecule has 0 fully saturated rings. The van der Waals surface area contributed by atoms with Crippen LogP contribution in [-0.4, -0.2) is 36.7 Å². The van der Waals surface area contributed by atoms with E-state index in [1.54, 1.807) is 12.3 Å². The predicted octanol–water partition coefficient (Wildman–Crippen LogP) is 0.284. The van der Waals surface area contributed by atoms with E-state index >= 15 is 0 Å². The van der Waals surface area contributed by atoms with Crippen molar-refractivity contribution >= 4 is 10.0 Å². The van der Waals surface area contributed by atoms with Gasteiger partial charge in [-0.05, 0) is 19.0 Å². The van der Waals surface area contributed by atoms with E-state index in [9.17, 15) is 8.42 Å². The summed E-state index contributed by atoms with van der Waals surface area (Å²) in [5, 5.41) is 3.18. The fourth-order valence-corrected chi connectivity index (χ4v) is 2.37. The second kappa shape index (κ2) is 7.40. The van der Waals surface area contributed by atoms with Crippen molar-refractivity contribution in [1.82, 2.24) is 20.0 Å². The first-order chi connectivity index (χ1) is 8.49. The molecule has 0 bridgehead atoms. The van der Waals surface area contributed by atoms with Gasteiger partial charge in [-0.2, -0.15) is 0 Å². The molecule has 0 aliphatic heterocycles. The van der Waals surface area contributed by atoms with Crippen LogP contribution in [0, 0.1) is 0 Å². The summed E-state index contributed by atoms with van der Waals surface area (Å²) in [6.07, 6.45) is 3.58. The van der Waals surface area contributed by atoms with Crippen LogP contribution in [0.4, 0.5) is 0 Å². The third-order valence-electron chi connectivity index (χ3n) is 2.26. The zero-order chi connectivity index (χ0) is 13.4. The van der Waals surface area contributed by atoms with Gasteiger partial charge in [0.1, 0.15) is 6.33 Å². The van der Waals surface area contributed by atoms with E-state index in [-0.39, 0.29) is 12.3 Å². The first kappa shape index (κ1) is 15.0. The van der Waals surface area contributed by atoms with Crippen LogP contribution < -0.4 is 10.0 Å². The summed E-state index contributed by atoms with van der Waals surface area (Å²) in [4.78, 5) is 7.72. The van der Waals surface area contributed by atoms with E-state index in [0.29, 0.717) is 24.7 Å². The maximum absolute atomic E-state index is 11.7. The maximum Gasteiger partial charge on any atom is 0.211 e. The number of aromatic nitrogens is 2. The lowest BCUT2D eigenvalue weighted by Crippen LogP contribution is -2.30. The van der Waals surface area contributed by atoms with E-state index in [1.807, 2.05) is 13.8 Å². The van der Waals surface area contributed by atoms with Gasteiger partial charge in [-0.15, -0.1) is 0 Å². The van der Waals surface area contributed by atoms with Crippen molar-refractivity contribution < 1.29 is 8.42 Å². The van der Waals surface area contributed by atoms with Crippen LogP contribution >= 0.6 is 0 Å². The second-order valence-corrected chi connectivity index (χ2v) is 6.23. The van der Waals surface area contributed by atoms with Crippen molar-refractivity contribution in [3.05, 3.63) is 24.3 Å². The smallest absolute Gasteiger partial charge is 0.211 e. The average molecular weight is 272 g/mol. The van der Waals surface area contributed by atoms with Crippen LogP contribution in [0.3, 0.4) is 0 Å². The molecular formula is C11H20N4O2S. The van der Waals surface area contributed by atoms with E-state index < -0.39 is 10.0 Å². The van der Waals surface area contributed by atoms with Gasteiger partial charge < -0.3 is 5.32 Å². The Hall–Kier alpha value is -1.05. The van der Waals surface area contributed by atoms with Crippen LogP contribution in [0.25, 0.3) is 0 Å². The molecule has 0 saturated carbocycles. The van der Waals surface area contributed by atoms with Crippen molar-refractivity contribution in [2.45, 2.75) is 32.9 Å². The highest BCUT2D eigenvalue weighted by Crippen LogP contribution is 1.95. The standard InChI is InChI=1S/C11H20N4O2S/c1-10(2)13-5-3-7-18(16,17)15-8-11-4-6-12-9-14-11/h4,6,9-10,13,15H,3,5,7-8H2,1-2H3. The summed E-state index contributed by atoms with van der Waals surface area (Å²) < 4.78 is 25.9. The summed E-state index contributed by atoms with van der Waals surface area (Å²) in [6.45, 7) is 4.97. The lowest BCUT2D eigenvalue weighted by Gasteiger charge is -2.09. The van der Waals surface area contributed by atoms with Gasteiger partial charge >= 0.3 is 0 Å². The SMILES string of the molecule is CC(C)NCCCS(=O)(=O)NCc1ccncn1. The molecule has 1 rings (SSSR count). The second-order valence-electron chi connectivity index (χ2n) is 4.30. The van der Waals surface area contributed by atoms with Crippen molar-refractivity contribution in [1.29, 1.82) is 0 Å². The molecular weight excluding hydrogens is 252 g/mol. The van der Waals surface area contributed by atoms with Gasteiger partial charge in [0.25, 0.3) is 0 Å². The maximum atomic E-state index is 11.7. The first-order valence-electron chi connectivity index (χ1n) is 5.95. The van der Waals surface area contributed by atoms with Crippen molar-refractivity contribution in [3.63, 3.8) is 0 Å². The van der Waals surface area contributed by atoms with Gasteiger partial charge in [0.05, 0.1) is 18.0 Å². The minimum atomic E-state index is -3.23. The van der Waals surface area contributed by atoms with Gasteiger partial charge in [0.15, 0.2) is 0 Å². The molecule has 1 heterocycles. The highest BCUT2D eigenvalue weighted by Gasteiger charge is 2.09. The highest BCUT2D eigenvalue weighted by molar-refractivity contribution is 7.89. The summed E-state index contributed by atoms with van der Waals surface area (Å²) >= 11 is 0. The van der Waals surface area contributed by atoms with Crippen LogP contribution in [0.1, 0.15) is 26.0 Å². The van der Waals surface area contributed by atoms with Crippen LogP contribution in [0.15, 0.2) is 18.6 Å². The predicted molar refractivity (Wildman–Crippen MR) is 70.4 cm³/mol. The fraction of sp³-hybridized carbons (Fsp3) is 0.636. The number of rotatable bonds is 8. The Morgan fingerprint density at radius 2 is 2.17 bits per heavy atom. The van der Waals surface area contributed by atoms with E-state index in [0.717, 1.165) is 0 Å². The molecule has 6 nitrogen and oxygen atoms in total. The molecule has 0 radical (unpaired) electrons. The Morgan fingerprint density at radius 1 is 1.39 bits per heavy atom. The lowest BCUT2D eigenvalue weighted by molar-refractivity contribution is 0.560. The van der Waals surface area contributed by atoms with E-state index in [2.05, 4.69) is 20.0 Å². The van der Waals surface area contributed by atoms with Crippen molar-refractivity contribution in [3.8, 4) is 0 Å². The Balaban J connectivity index is 2.28. The van der Waals surface area contributed by atoms with Crippen molar-refractivity contribution in [2.24, 2.45) is 0 Å². The van der Waals surface area contributed by atoms with E-state index in [1.165, 1.54) is 6.33 Å². The van der Waals surface area contributed by atoms with Crippen molar-refractivity contribution in [2.75, 3.05) is 12.3 Å². The molecule has 2 N–H and O–H groups in total. The minimum absolute atomic E-state index is 0.123. The Morgan fingerprint density at radius 3 is 2.78 bits per heavy atom. The average Bonchev–Trinajstić information content (AvgIpc) is 2.34. The zero-order valence-electron chi connectivity index (χ0n) is 10.8. The summed E-state index contributed by atoms with van der Waals surface area (Å²) in [5.41, 5.74) is 0.661. The first-order valence-corrected chi connectivity index (χ1v) is 7.60. The number of nitrogens with zero attached hydrogens (tertiary/aromatic N) is 2. The summed E-state index contributed by atoms with van der Waals surface area (Å²) in [6, 6.07) is 2.06. The minimum Gasteiger partial charge on any atom is -0.314 e. The van der Waals surface area contributed by atoms with Crippen LogP contribution in [0.2, 0.25) is 0 Å². The third kappa shape index (κ3) is 6.63. The number of hydrogen-bond acceptors (Lipinski definition) is 5. The number of sulfonamides is 1. The highest BCUT2D eigenvalue weighted by atomic mass is 32.2. The molecule has 0 unspecified atom stereocenters. The third-order valence-corrected chi connectivity index (χ3v) is 3.67. The van der Waals surface area contributed by atoms with Gasteiger partial charge in [-0.1, -0.05) is 13.8 Å². The summed E-state index contributed by atoms with van der Waals surface area (Å²) in [7, 11) is -3.23. The molecule has 1 aromatic rings. The molecule has 1 aromatic heterocycles. The van der Waals surface area contributed by atoms with E-state index in [4.69, 9.17) is 0 Å². The van der Waals surface area contributed by atoms with Gasteiger partial charge in [0, 0.05) is 12.2 Å². The monoisotopic (exact) mass is 272 g/mol. The molecule has 0 atom stereocenters. The molecule has 0 saturated heterocycles. The Kier molecular flexibility index (Phi) is 6.17. The normalized spacial score (nSPS) is 11.9. The molecule has 7 heteroatoms. The van der Waals surface area contributed by atoms with Gasteiger partial charge in [-0.25, -0.2) is 23.1 Å². The molecule has 102 valence electrons. The van der Waals surface area contributed by atoms with Crippen LogP contribution in [-0.2, 0) is 16.6 Å². The Labute approximate surface area is 108 Å². The zero-order valence-corrected chi connectivity index (χ0v) is 11.6. The lowest BCUT2D eigenvalue weighted by atomic mass is 10.4. The number of hydrogen-bond donors (Lipinski definition) is 2. The van der Waals surface area contributed by atoms with Gasteiger partial charge in [0.2, 0.25) is 10.0 Å².